The molecule has 3 rings (SSSR count). The summed E-state index contributed by atoms with van der Waals surface area (Å²) in [6, 6.07) is 17.7. The van der Waals surface area contributed by atoms with Crippen LogP contribution >= 0.6 is 0 Å². The van der Waals surface area contributed by atoms with Crippen molar-refractivity contribution >= 4 is 22.2 Å². The van der Waals surface area contributed by atoms with Gasteiger partial charge in [-0.3, -0.25) is 4.79 Å². The third-order valence-corrected chi connectivity index (χ3v) is 3.31. The first-order valence-electron chi connectivity index (χ1n) is 6.28. The van der Waals surface area contributed by atoms with Gasteiger partial charge in [-0.1, -0.05) is 36.4 Å². The molecule has 3 N–H and O–H groups in total. The summed E-state index contributed by atoms with van der Waals surface area (Å²) in [5.74, 6) is -0.302. The molecule has 3 heteroatoms. The number of benzene rings is 3. The van der Waals surface area contributed by atoms with Gasteiger partial charge in [0, 0.05) is 11.3 Å². The minimum Gasteiger partial charge on any atom is -0.507 e. The van der Waals surface area contributed by atoms with Crippen LogP contribution in [0.5, 0.6) is 5.75 Å². The maximum absolute atomic E-state index is 12.5. The summed E-state index contributed by atoms with van der Waals surface area (Å²) in [6.45, 7) is 0. The lowest BCUT2D eigenvalue weighted by atomic mass is 9.98. The van der Waals surface area contributed by atoms with Crippen LogP contribution in [0.25, 0.3) is 10.8 Å². The minimum absolute atomic E-state index is 0.0306. The average Bonchev–Trinajstić information content (AvgIpc) is 2.46. The highest BCUT2D eigenvalue weighted by atomic mass is 16.3. The first-order chi connectivity index (χ1) is 9.66. The highest BCUT2D eigenvalue weighted by molar-refractivity contribution is 6.15. The molecule has 0 bridgehead atoms. The Morgan fingerprint density at radius 1 is 0.850 bits per heavy atom. The van der Waals surface area contributed by atoms with Crippen LogP contribution in [-0.4, -0.2) is 10.9 Å². The number of fused-ring (bicyclic) bond motifs is 1. The fraction of sp³-hybridized carbons (Fsp3) is 0. The van der Waals surface area contributed by atoms with Crippen LogP contribution < -0.4 is 5.73 Å². The van der Waals surface area contributed by atoms with Crippen molar-refractivity contribution in [3.63, 3.8) is 0 Å². The zero-order chi connectivity index (χ0) is 14.1. The number of carbonyl (C=O) groups is 1. The number of nitrogens with two attached hydrogens (primary N) is 1. The highest BCUT2D eigenvalue weighted by Gasteiger charge is 2.16. The van der Waals surface area contributed by atoms with Crippen molar-refractivity contribution in [2.24, 2.45) is 0 Å². The summed E-state index contributed by atoms with van der Waals surface area (Å²) in [5.41, 5.74) is 6.89. The van der Waals surface area contributed by atoms with Crippen LogP contribution in [0.3, 0.4) is 0 Å². The monoisotopic (exact) mass is 263 g/mol. The van der Waals surface area contributed by atoms with E-state index in [0.29, 0.717) is 11.3 Å². The highest BCUT2D eigenvalue weighted by Crippen LogP contribution is 2.28. The second kappa shape index (κ2) is 4.70. The van der Waals surface area contributed by atoms with E-state index in [-0.39, 0.29) is 17.1 Å². The van der Waals surface area contributed by atoms with Gasteiger partial charge < -0.3 is 10.8 Å². The van der Waals surface area contributed by atoms with Gasteiger partial charge in [-0.05, 0) is 35.0 Å². The zero-order valence-corrected chi connectivity index (χ0v) is 10.7. The number of ketones is 1. The van der Waals surface area contributed by atoms with Crippen molar-refractivity contribution in [3.05, 3.63) is 71.8 Å². The summed E-state index contributed by atoms with van der Waals surface area (Å²) >= 11 is 0. The van der Waals surface area contributed by atoms with Crippen LogP contribution in [0.15, 0.2) is 60.7 Å². The van der Waals surface area contributed by atoms with Crippen molar-refractivity contribution in [2.45, 2.75) is 0 Å². The summed E-state index contributed by atoms with van der Waals surface area (Å²) in [5, 5.41) is 11.9. The van der Waals surface area contributed by atoms with Crippen LogP contribution in [0, 0.1) is 0 Å². The van der Waals surface area contributed by atoms with Gasteiger partial charge in [0.25, 0.3) is 0 Å². The number of phenolic OH excluding ortho intramolecular Hbond substituents is 1. The zero-order valence-electron chi connectivity index (χ0n) is 10.7. The van der Waals surface area contributed by atoms with E-state index in [1.54, 1.807) is 36.4 Å². The molecule has 0 heterocycles. The lowest BCUT2D eigenvalue weighted by Gasteiger charge is -2.08. The molecule has 0 saturated heterocycles. The lowest BCUT2D eigenvalue weighted by molar-refractivity contribution is 0.103. The lowest BCUT2D eigenvalue weighted by Crippen LogP contribution is -2.05. The van der Waals surface area contributed by atoms with Gasteiger partial charge in [-0.25, -0.2) is 0 Å². The maximum atomic E-state index is 12.5. The Hall–Kier alpha value is -2.81. The Balaban J connectivity index is 2.17. The van der Waals surface area contributed by atoms with E-state index in [1.165, 1.54) is 0 Å². The third kappa shape index (κ3) is 1.99. The van der Waals surface area contributed by atoms with Gasteiger partial charge in [-0.2, -0.15) is 0 Å². The second-order valence-electron chi connectivity index (χ2n) is 4.63. The molecule has 3 aromatic rings. The number of hydrogen-bond donors (Lipinski definition) is 2. The van der Waals surface area contributed by atoms with Crippen molar-refractivity contribution in [1.29, 1.82) is 0 Å². The molecule has 0 unspecified atom stereocenters. The van der Waals surface area contributed by atoms with E-state index in [1.807, 2.05) is 24.3 Å². The van der Waals surface area contributed by atoms with Crippen LogP contribution in [-0.2, 0) is 0 Å². The molecule has 20 heavy (non-hydrogen) atoms. The molecule has 0 spiro atoms. The van der Waals surface area contributed by atoms with Crippen LogP contribution in [0.1, 0.15) is 15.9 Å². The fourth-order valence-electron chi connectivity index (χ4n) is 2.26. The Morgan fingerprint density at radius 2 is 1.45 bits per heavy atom. The predicted molar refractivity (Wildman–Crippen MR) is 79.9 cm³/mol. The molecular formula is C17H13NO2. The third-order valence-electron chi connectivity index (χ3n) is 3.31. The molecular weight excluding hydrogens is 250 g/mol. The second-order valence-corrected chi connectivity index (χ2v) is 4.63. The molecule has 0 amide bonds. The van der Waals surface area contributed by atoms with E-state index in [4.69, 9.17) is 5.73 Å². The van der Waals surface area contributed by atoms with Gasteiger partial charge in [0.2, 0.25) is 0 Å². The van der Waals surface area contributed by atoms with Crippen LogP contribution in [0.4, 0.5) is 5.69 Å². The Labute approximate surface area is 116 Å². The van der Waals surface area contributed by atoms with Gasteiger partial charge in [0.05, 0.1) is 5.56 Å². The van der Waals surface area contributed by atoms with Gasteiger partial charge in [0.15, 0.2) is 5.78 Å². The van der Waals surface area contributed by atoms with E-state index in [0.717, 1.165) is 10.8 Å². The Bertz CT molecular complexity index is 809. The molecule has 3 nitrogen and oxygen atoms in total. The van der Waals surface area contributed by atoms with Crippen molar-refractivity contribution < 1.29 is 9.90 Å². The molecule has 98 valence electrons. The Kier molecular flexibility index (Phi) is 2.88. The van der Waals surface area contributed by atoms with Gasteiger partial charge in [0.1, 0.15) is 5.75 Å². The average molecular weight is 263 g/mol. The molecule has 0 saturated carbocycles. The number of anilines is 1. The topological polar surface area (TPSA) is 63.3 Å². The SMILES string of the molecule is Nc1ccccc1C(=O)c1cc2ccccc2cc1O. The molecule has 0 fully saturated rings. The first-order valence-corrected chi connectivity index (χ1v) is 6.28. The summed E-state index contributed by atoms with van der Waals surface area (Å²) in [6.07, 6.45) is 0. The standard InChI is InChI=1S/C17H13NO2/c18-15-8-4-3-7-13(15)17(20)14-9-11-5-1-2-6-12(11)10-16(14)19/h1-10,19H,18H2. The Morgan fingerprint density at radius 3 is 2.15 bits per heavy atom. The minimum atomic E-state index is -0.272. The first kappa shape index (κ1) is 12.2. The number of nitrogen functional groups attached to an aromatic ring is 1. The number of hydrogen-bond acceptors (Lipinski definition) is 3. The molecule has 0 aromatic heterocycles. The van der Waals surface area contributed by atoms with Crippen molar-refractivity contribution in [1.82, 2.24) is 0 Å². The summed E-state index contributed by atoms with van der Waals surface area (Å²) in [4.78, 5) is 12.5. The quantitative estimate of drug-likeness (QED) is 0.550. The largest absolute Gasteiger partial charge is 0.507 e. The molecule has 0 aliphatic carbocycles. The summed E-state index contributed by atoms with van der Waals surface area (Å²) < 4.78 is 0. The fourth-order valence-corrected chi connectivity index (χ4v) is 2.26. The molecule has 3 aromatic carbocycles. The number of aromatic hydroxyl groups is 1. The van der Waals surface area contributed by atoms with E-state index >= 15 is 0 Å². The molecule has 0 aliphatic heterocycles. The molecule has 0 atom stereocenters. The smallest absolute Gasteiger partial charge is 0.198 e. The van der Waals surface area contributed by atoms with E-state index in [9.17, 15) is 9.90 Å². The van der Waals surface area contributed by atoms with Crippen LogP contribution in [0.2, 0.25) is 0 Å². The predicted octanol–water partition coefficient (Wildman–Crippen LogP) is 3.36. The number of carbonyl (C=O) groups excluding carboxylic acids is 1. The summed E-state index contributed by atoms with van der Waals surface area (Å²) in [7, 11) is 0. The number of para-hydroxylation sites is 1. The van der Waals surface area contributed by atoms with Crippen molar-refractivity contribution in [3.8, 4) is 5.75 Å². The molecule has 0 radical (unpaired) electrons. The van der Waals surface area contributed by atoms with Gasteiger partial charge >= 0.3 is 0 Å². The molecule has 0 aliphatic rings. The van der Waals surface area contributed by atoms with E-state index in [2.05, 4.69) is 0 Å². The van der Waals surface area contributed by atoms with Gasteiger partial charge in [-0.15, -0.1) is 0 Å². The normalized spacial score (nSPS) is 10.6. The van der Waals surface area contributed by atoms with E-state index < -0.39 is 0 Å². The number of phenols is 1. The maximum Gasteiger partial charge on any atom is 0.198 e. The van der Waals surface area contributed by atoms with Crippen molar-refractivity contribution in [2.75, 3.05) is 5.73 Å². The number of rotatable bonds is 2.